The lowest BCUT2D eigenvalue weighted by atomic mass is 9.94. The summed E-state index contributed by atoms with van der Waals surface area (Å²) in [6.45, 7) is 22.8. The highest BCUT2D eigenvalue weighted by molar-refractivity contribution is 6.03. The van der Waals surface area contributed by atoms with Crippen molar-refractivity contribution < 1.29 is 0 Å². The molecule has 300 valence electrons. The second-order valence-electron chi connectivity index (χ2n) is 15.5. The molecule has 10 heteroatoms. The van der Waals surface area contributed by atoms with Gasteiger partial charge in [-0.25, -0.2) is 4.98 Å². The maximum absolute atomic E-state index is 9.22. The van der Waals surface area contributed by atoms with Crippen molar-refractivity contribution in [2.24, 2.45) is 0 Å². The largest absolute Gasteiger partial charge is 0.398 e. The molecule has 0 spiro atoms. The Hall–Kier alpha value is -7.30. The van der Waals surface area contributed by atoms with E-state index in [1.165, 1.54) is 38.9 Å². The molecule has 4 N–H and O–H groups in total. The Morgan fingerprint density at radius 3 is 1.85 bits per heavy atom. The number of anilines is 3. The van der Waals surface area contributed by atoms with E-state index in [1.807, 2.05) is 62.5 Å². The Morgan fingerprint density at radius 1 is 0.667 bits per heavy atom. The lowest BCUT2D eigenvalue weighted by Crippen LogP contribution is -2.32. The van der Waals surface area contributed by atoms with E-state index in [4.69, 9.17) is 28.0 Å². The monoisotopic (exact) mass is 790 g/mol. The molecule has 3 aromatic heterocycles. The van der Waals surface area contributed by atoms with Crippen molar-refractivity contribution in [1.29, 1.82) is 5.26 Å². The lowest BCUT2D eigenvalue weighted by molar-refractivity contribution is 0.347. The van der Waals surface area contributed by atoms with Crippen LogP contribution in [0.15, 0.2) is 97.3 Å². The maximum Gasteiger partial charge on any atom is 0.228 e. The van der Waals surface area contributed by atoms with Crippen LogP contribution in [-0.2, 0) is 25.9 Å². The quantitative estimate of drug-likeness (QED) is 0.132. The van der Waals surface area contributed by atoms with Crippen molar-refractivity contribution in [2.45, 2.75) is 67.5 Å². The van der Waals surface area contributed by atoms with Crippen LogP contribution in [0.1, 0.15) is 61.2 Å². The molecule has 2 aliphatic rings. The molecular formula is C50H50N10. The molecule has 0 bridgehead atoms. The third-order valence-electron chi connectivity index (χ3n) is 11.8. The van der Waals surface area contributed by atoms with E-state index in [2.05, 4.69) is 96.1 Å². The van der Waals surface area contributed by atoms with Gasteiger partial charge in [-0.05, 0) is 146 Å². The summed E-state index contributed by atoms with van der Waals surface area (Å²) in [6.07, 6.45) is 5.54. The van der Waals surface area contributed by atoms with Crippen molar-refractivity contribution in [3.05, 3.63) is 170 Å². The van der Waals surface area contributed by atoms with Gasteiger partial charge in [0.25, 0.3) is 0 Å². The number of aromatic nitrogens is 4. The number of hydrogen-bond acceptors (Lipinski definition) is 9. The molecule has 2 aliphatic heterocycles. The van der Waals surface area contributed by atoms with Crippen LogP contribution in [0, 0.1) is 59.4 Å². The van der Waals surface area contributed by atoms with Gasteiger partial charge in [-0.15, -0.1) is 5.01 Å². The van der Waals surface area contributed by atoms with Crippen molar-refractivity contribution in [1.82, 2.24) is 24.9 Å². The number of nitriles is 1. The predicted molar refractivity (Wildman–Crippen MR) is 243 cm³/mol. The number of hydrogen-bond donors (Lipinski definition) is 2. The van der Waals surface area contributed by atoms with E-state index in [9.17, 15) is 5.26 Å². The smallest absolute Gasteiger partial charge is 0.228 e. The van der Waals surface area contributed by atoms with Crippen molar-refractivity contribution in [2.75, 3.05) is 29.5 Å². The van der Waals surface area contributed by atoms with Crippen LogP contribution in [0.4, 0.5) is 17.5 Å². The minimum Gasteiger partial charge on any atom is -0.398 e. The fourth-order valence-electron chi connectivity index (χ4n) is 8.25. The SMILES string of the molecule is Cc1cc(N)c(C#N)c(-c2ccccn2)c1C.Cc1cc2nc(N3CCc4c(C)cccc4C3)nc(N)c2c(-c2ccccn2)c1C.[C-]#[N+]N1CCc2c(C)cccc2C1. The Balaban J connectivity index is 0.000000153. The summed E-state index contributed by atoms with van der Waals surface area (Å²) < 4.78 is 0. The Morgan fingerprint density at radius 2 is 1.25 bits per heavy atom. The number of nitrogens with zero attached hydrogens (tertiary/aromatic N) is 8. The Labute approximate surface area is 353 Å². The molecule has 5 heterocycles. The van der Waals surface area contributed by atoms with E-state index in [0.29, 0.717) is 23.0 Å². The van der Waals surface area contributed by atoms with Gasteiger partial charge in [0, 0.05) is 36.6 Å². The topological polar surface area (TPSA) is 138 Å². The Bertz CT molecular complexity index is 2790. The van der Waals surface area contributed by atoms with Gasteiger partial charge >= 0.3 is 0 Å². The molecule has 0 saturated heterocycles. The lowest BCUT2D eigenvalue weighted by Gasteiger charge is -2.30. The summed E-state index contributed by atoms with van der Waals surface area (Å²) >= 11 is 0. The number of benzene rings is 4. The van der Waals surface area contributed by atoms with E-state index >= 15 is 0 Å². The molecule has 4 aromatic carbocycles. The first kappa shape index (κ1) is 40.9. The summed E-state index contributed by atoms with van der Waals surface area (Å²) in [4.78, 5) is 24.2. The van der Waals surface area contributed by atoms with Crippen LogP contribution >= 0.6 is 0 Å². The van der Waals surface area contributed by atoms with Crippen LogP contribution in [0.2, 0.25) is 0 Å². The maximum atomic E-state index is 9.22. The fourth-order valence-corrected chi connectivity index (χ4v) is 8.25. The van der Waals surface area contributed by atoms with E-state index in [-0.39, 0.29) is 0 Å². The number of aryl methyl sites for hydroxylation is 4. The first-order valence-corrected chi connectivity index (χ1v) is 20.2. The van der Waals surface area contributed by atoms with Gasteiger partial charge in [0.15, 0.2) is 0 Å². The summed E-state index contributed by atoms with van der Waals surface area (Å²) in [5, 5.41) is 11.9. The number of rotatable bonds is 3. The zero-order chi connectivity index (χ0) is 42.5. The average molecular weight is 791 g/mol. The fraction of sp³-hybridized carbons (Fsp3) is 0.240. The van der Waals surface area contributed by atoms with Crippen molar-refractivity contribution in [3.8, 4) is 28.6 Å². The molecule has 7 aromatic rings. The van der Waals surface area contributed by atoms with Crippen molar-refractivity contribution >= 4 is 28.4 Å². The van der Waals surface area contributed by atoms with Gasteiger partial charge in [0.1, 0.15) is 18.4 Å². The first-order chi connectivity index (χ1) is 29.0. The molecule has 0 aliphatic carbocycles. The molecule has 0 radical (unpaired) electrons. The van der Waals surface area contributed by atoms with Crippen LogP contribution in [0.3, 0.4) is 0 Å². The molecule has 0 amide bonds. The van der Waals surface area contributed by atoms with E-state index < -0.39 is 0 Å². The Kier molecular flexibility index (Phi) is 12.0. The number of nitrogens with two attached hydrogens (primary N) is 2. The normalized spacial score (nSPS) is 12.8. The van der Waals surface area contributed by atoms with Crippen LogP contribution in [0.5, 0.6) is 0 Å². The van der Waals surface area contributed by atoms with Crippen molar-refractivity contribution in [3.63, 3.8) is 0 Å². The van der Waals surface area contributed by atoms with Crippen LogP contribution < -0.4 is 16.4 Å². The molecule has 0 fully saturated rings. The third kappa shape index (κ3) is 8.32. The van der Waals surface area contributed by atoms with Gasteiger partial charge < -0.3 is 16.4 Å². The first-order valence-electron chi connectivity index (χ1n) is 20.2. The molecule has 0 saturated carbocycles. The molecule has 9 rings (SSSR count). The summed E-state index contributed by atoms with van der Waals surface area (Å²) in [7, 11) is 0. The van der Waals surface area contributed by atoms with Gasteiger partial charge in [-0.1, -0.05) is 48.5 Å². The highest BCUT2D eigenvalue weighted by Crippen LogP contribution is 2.37. The van der Waals surface area contributed by atoms with E-state index in [1.54, 1.807) is 11.2 Å². The highest BCUT2D eigenvalue weighted by Gasteiger charge is 2.23. The molecule has 0 unspecified atom stereocenters. The zero-order valence-corrected chi connectivity index (χ0v) is 35.2. The highest BCUT2D eigenvalue weighted by atomic mass is 15.4. The van der Waals surface area contributed by atoms with E-state index in [0.717, 1.165) is 89.1 Å². The van der Waals surface area contributed by atoms with Crippen LogP contribution in [0.25, 0.3) is 38.4 Å². The number of nitrogen functional groups attached to an aromatic ring is 2. The van der Waals surface area contributed by atoms with Gasteiger partial charge in [-0.3, -0.25) is 9.97 Å². The number of fused-ring (bicyclic) bond motifs is 3. The standard InChI is InChI=1S/C25H25N5.C14H13N3.C11H12N2/c1-15-7-6-8-18-14-30(12-10-19(15)18)25-28-21-13-16(2)17(3)22(23(21)24(26)29-25)20-9-4-5-11-27-20;1-9-7-12(16)11(8-15)14(10(9)2)13-5-3-4-6-17-13;1-9-4-3-5-10-8-13(12-2)7-6-11(9)10/h4-9,11,13H,10,12,14H2,1-3H3,(H2,26,28,29);3-7H,16H2,1-2H3;3-5H,6-8H2,1H3. The van der Waals surface area contributed by atoms with Crippen LogP contribution in [-0.4, -0.2) is 38.0 Å². The van der Waals surface area contributed by atoms with Gasteiger partial charge in [-0.2, -0.15) is 21.8 Å². The zero-order valence-electron chi connectivity index (χ0n) is 35.2. The third-order valence-corrected chi connectivity index (χ3v) is 11.8. The minimum absolute atomic E-state index is 0.506. The summed E-state index contributed by atoms with van der Waals surface area (Å²) in [6, 6.07) is 30.5. The molecular weight excluding hydrogens is 741 g/mol. The second-order valence-corrected chi connectivity index (χ2v) is 15.5. The average Bonchev–Trinajstić information content (AvgIpc) is 3.26. The van der Waals surface area contributed by atoms with Gasteiger partial charge in [0.05, 0.1) is 40.1 Å². The molecule has 0 atom stereocenters. The number of pyridine rings is 2. The minimum atomic E-state index is 0.506. The predicted octanol–water partition coefficient (Wildman–Crippen LogP) is 9.77. The second kappa shape index (κ2) is 17.7. The summed E-state index contributed by atoms with van der Waals surface area (Å²) in [5.74, 6) is 1.20. The summed E-state index contributed by atoms with van der Waals surface area (Å²) in [5.41, 5.74) is 30.6. The molecule has 10 nitrogen and oxygen atoms in total. The molecule has 60 heavy (non-hydrogen) atoms. The van der Waals surface area contributed by atoms with Gasteiger partial charge in [0.2, 0.25) is 5.95 Å².